The van der Waals surface area contributed by atoms with E-state index < -0.39 is 0 Å². The second kappa shape index (κ2) is 2.89. The Labute approximate surface area is 63.4 Å². The molecule has 0 spiro atoms. The zero-order chi connectivity index (χ0) is 7.61. The molecule has 0 aromatic heterocycles. The molecule has 2 nitrogen and oxygen atoms in total. The molecule has 0 amide bonds. The molecule has 0 atom stereocenters. The molecule has 0 aliphatic carbocycles. The van der Waals surface area contributed by atoms with Crippen molar-refractivity contribution in [1.82, 2.24) is 4.90 Å². The van der Waals surface area contributed by atoms with E-state index in [9.17, 15) is 0 Å². The summed E-state index contributed by atoms with van der Waals surface area (Å²) in [7, 11) is 0. The summed E-state index contributed by atoms with van der Waals surface area (Å²) in [6.07, 6.45) is 1.38. The molecule has 0 aromatic rings. The highest BCUT2D eigenvalue weighted by atomic mass is 15.2. The van der Waals surface area contributed by atoms with Gasteiger partial charge >= 0.3 is 0 Å². The minimum absolute atomic E-state index is 0.320. The lowest BCUT2D eigenvalue weighted by molar-refractivity contribution is 0.120. The molecule has 10 heavy (non-hydrogen) atoms. The van der Waals surface area contributed by atoms with E-state index in [0.29, 0.717) is 5.41 Å². The summed E-state index contributed by atoms with van der Waals surface area (Å²) in [5.74, 6) is 0. The second-order valence-corrected chi connectivity index (χ2v) is 4.00. The van der Waals surface area contributed by atoms with Crippen molar-refractivity contribution in [3.8, 4) is 0 Å². The minimum atomic E-state index is 0.320. The zero-order valence-corrected chi connectivity index (χ0v) is 7.06. The molecule has 60 valence electrons. The Balaban J connectivity index is 2.21. The Morgan fingerprint density at radius 1 is 1.40 bits per heavy atom. The molecule has 0 radical (unpaired) electrons. The van der Waals surface area contributed by atoms with Crippen molar-refractivity contribution >= 4 is 0 Å². The van der Waals surface area contributed by atoms with Gasteiger partial charge in [-0.3, -0.25) is 0 Å². The molecule has 1 aliphatic heterocycles. The Hall–Kier alpha value is -0.0800. The van der Waals surface area contributed by atoms with Crippen LogP contribution in [0, 0.1) is 5.41 Å². The molecule has 0 saturated carbocycles. The molecule has 1 fully saturated rings. The lowest BCUT2D eigenvalue weighted by atomic mass is 9.92. The quantitative estimate of drug-likeness (QED) is 0.628. The van der Waals surface area contributed by atoms with Crippen molar-refractivity contribution in [1.29, 1.82) is 0 Å². The molecule has 0 unspecified atom stereocenters. The average Bonchev–Trinajstić information content (AvgIpc) is 1.80. The Morgan fingerprint density at radius 2 is 2.00 bits per heavy atom. The molecule has 1 heterocycles. The average molecular weight is 142 g/mol. The lowest BCUT2D eigenvalue weighted by Crippen LogP contribution is -2.45. The van der Waals surface area contributed by atoms with Crippen molar-refractivity contribution in [3.63, 3.8) is 0 Å². The first kappa shape index (κ1) is 8.02. The van der Waals surface area contributed by atoms with E-state index in [0.717, 1.165) is 6.54 Å². The third-order valence-corrected chi connectivity index (χ3v) is 2.15. The maximum Gasteiger partial charge on any atom is 0.00448 e. The van der Waals surface area contributed by atoms with Gasteiger partial charge in [0.15, 0.2) is 0 Å². The van der Waals surface area contributed by atoms with Gasteiger partial charge in [0.2, 0.25) is 0 Å². The van der Waals surface area contributed by atoms with Gasteiger partial charge in [-0.05, 0) is 31.5 Å². The summed E-state index contributed by atoms with van der Waals surface area (Å²) in [4.78, 5) is 2.47. The van der Waals surface area contributed by atoms with Gasteiger partial charge < -0.3 is 10.6 Å². The van der Waals surface area contributed by atoms with Gasteiger partial charge in [0.1, 0.15) is 0 Å². The van der Waals surface area contributed by atoms with E-state index >= 15 is 0 Å². The van der Waals surface area contributed by atoms with Gasteiger partial charge in [0, 0.05) is 6.54 Å². The first-order valence-electron chi connectivity index (χ1n) is 4.06. The molecule has 0 aromatic carbocycles. The lowest BCUT2D eigenvalue weighted by Gasteiger charge is -2.37. The predicted molar refractivity (Wildman–Crippen MR) is 43.9 cm³/mol. The maximum absolute atomic E-state index is 5.61. The Morgan fingerprint density at radius 3 is 2.30 bits per heavy atom. The predicted octanol–water partition coefficient (Wildman–Crippen LogP) is 0.677. The highest BCUT2D eigenvalue weighted by Gasteiger charge is 2.23. The van der Waals surface area contributed by atoms with Crippen molar-refractivity contribution in [2.24, 2.45) is 11.1 Å². The van der Waals surface area contributed by atoms with Crippen LogP contribution < -0.4 is 5.73 Å². The Bertz CT molecular complexity index is 106. The molecule has 1 saturated heterocycles. The number of likely N-dealkylation sites (tertiary alicyclic amines) is 1. The number of hydrogen-bond acceptors (Lipinski definition) is 2. The largest absolute Gasteiger partial charge is 0.330 e. The zero-order valence-electron chi connectivity index (χ0n) is 7.06. The maximum atomic E-state index is 5.61. The van der Waals surface area contributed by atoms with Gasteiger partial charge in [-0.2, -0.15) is 0 Å². The van der Waals surface area contributed by atoms with Gasteiger partial charge in [0.05, 0.1) is 0 Å². The summed E-state index contributed by atoms with van der Waals surface area (Å²) in [6.45, 7) is 8.98. The molecular weight excluding hydrogens is 124 g/mol. The van der Waals surface area contributed by atoms with Gasteiger partial charge in [-0.25, -0.2) is 0 Å². The first-order valence-corrected chi connectivity index (χ1v) is 4.06. The van der Waals surface area contributed by atoms with Crippen LogP contribution in [0.4, 0.5) is 0 Å². The third-order valence-electron chi connectivity index (χ3n) is 2.15. The molecule has 1 rings (SSSR count). The summed E-state index contributed by atoms with van der Waals surface area (Å²) < 4.78 is 0. The minimum Gasteiger partial charge on any atom is -0.330 e. The van der Waals surface area contributed by atoms with Crippen molar-refractivity contribution in [3.05, 3.63) is 0 Å². The van der Waals surface area contributed by atoms with Crippen LogP contribution in [0.3, 0.4) is 0 Å². The fraction of sp³-hybridized carbons (Fsp3) is 1.00. The van der Waals surface area contributed by atoms with Crippen LogP contribution in [0.5, 0.6) is 0 Å². The summed E-state index contributed by atoms with van der Waals surface area (Å²) in [5.41, 5.74) is 5.93. The van der Waals surface area contributed by atoms with E-state index in [1.54, 1.807) is 0 Å². The SMILES string of the molecule is CC(C)(CN)CN1CCC1. The van der Waals surface area contributed by atoms with Gasteiger partial charge in [-0.15, -0.1) is 0 Å². The number of nitrogens with two attached hydrogens (primary N) is 1. The van der Waals surface area contributed by atoms with Crippen LogP contribution in [0.15, 0.2) is 0 Å². The van der Waals surface area contributed by atoms with Crippen LogP contribution in [-0.2, 0) is 0 Å². The summed E-state index contributed by atoms with van der Waals surface area (Å²) in [6, 6.07) is 0. The van der Waals surface area contributed by atoms with E-state index in [-0.39, 0.29) is 0 Å². The topological polar surface area (TPSA) is 29.3 Å². The molecule has 2 heteroatoms. The van der Waals surface area contributed by atoms with Crippen molar-refractivity contribution < 1.29 is 0 Å². The highest BCUT2D eigenvalue weighted by molar-refractivity contribution is 4.78. The van der Waals surface area contributed by atoms with Crippen molar-refractivity contribution in [2.75, 3.05) is 26.2 Å². The molecule has 0 bridgehead atoms. The second-order valence-electron chi connectivity index (χ2n) is 4.00. The number of rotatable bonds is 3. The fourth-order valence-electron chi connectivity index (χ4n) is 1.21. The van der Waals surface area contributed by atoms with Crippen LogP contribution in [-0.4, -0.2) is 31.1 Å². The molecule has 2 N–H and O–H groups in total. The van der Waals surface area contributed by atoms with Gasteiger partial charge in [0.25, 0.3) is 0 Å². The van der Waals surface area contributed by atoms with Crippen LogP contribution in [0.2, 0.25) is 0 Å². The fourth-order valence-corrected chi connectivity index (χ4v) is 1.21. The van der Waals surface area contributed by atoms with Crippen molar-refractivity contribution in [2.45, 2.75) is 20.3 Å². The standard InChI is InChI=1S/C8H18N2/c1-8(2,6-9)7-10-4-3-5-10/h3-7,9H2,1-2H3. The first-order chi connectivity index (χ1) is 4.64. The van der Waals surface area contributed by atoms with Gasteiger partial charge in [-0.1, -0.05) is 13.8 Å². The number of hydrogen-bond donors (Lipinski definition) is 1. The normalized spacial score (nSPS) is 20.7. The van der Waals surface area contributed by atoms with E-state index in [2.05, 4.69) is 18.7 Å². The smallest absolute Gasteiger partial charge is 0.00448 e. The summed E-state index contributed by atoms with van der Waals surface area (Å²) in [5, 5.41) is 0. The monoisotopic (exact) mass is 142 g/mol. The highest BCUT2D eigenvalue weighted by Crippen LogP contribution is 2.18. The number of nitrogens with zero attached hydrogens (tertiary/aromatic N) is 1. The third kappa shape index (κ3) is 1.96. The van der Waals surface area contributed by atoms with E-state index in [1.807, 2.05) is 0 Å². The Kier molecular flexibility index (Phi) is 2.32. The van der Waals surface area contributed by atoms with Crippen LogP contribution in [0.1, 0.15) is 20.3 Å². The van der Waals surface area contributed by atoms with Crippen LogP contribution >= 0.6 is 0 Å². The molecular formula is C8H18N2. The molecule has 1 aliphatic rings. The van der Waals surface area contributed by atoms with Crippen LogP contribution in [0.25, 0.3) is 0 Å². The van der Waals surface area contributed by atoms with E-state index in [4.69, 9.17) is 5.73 Å². The summed E-state index contributed by atoms with van der Waals surface area (Å²) >= 11 is 0. The van der Waals surface area contributed by atoms with E-state index in [1.165, 1.54) is 26.1 Å².